The topological polar surface area (TPSA) is 59.6 Å². The van der Waals surface area contributed by atoms with Crippen molar-refractivity contribution in [1.29, 1.82) is 0 Å². The number of hydrogen-bond donors (Lipinski definition) is 2. The summed E-state index contributed by atoms with van der Waals surface area (Å²) in [4.78, 5) is 12.5. The number of rotatable bonds is 5. The van der Waals surface area contributed by atoms with Gasteiger partial charge in [-0.1, -0.05) is 6.07 Å². The van der Waals surface area contributed by atoms with Gasteiger partial charge in [0.2, 0.25) is 0 Å². The van der Waals surface area contributed by atoms with Gasteiger partial charge in [-0.15, -0.1) is 12.4 Å². The van der Waals surface area contributed by atoms with Gasteiger partial charge in [0.15, 0.2) is 0 Å². The summed E-state index contributed by atoms with van der Waals surface area (Å²) in [5, 5.41) is 5.90. The molecular formula is C15H21ClF2N2O3. The summed E-state index contributed by atoms with van der Waals surface area (Å²) < 4.78 is 34.6. The third kappa shape index (κ3) is 4.76. The molecule has 0 radical (unpaired) electrons. The first-order valence-electron chi connectivity index (χ1n) is 7.10. The van der Waals surface area contributed by atoms with Gasteiger partial charge in [0.05, 0.1) is 0 Å². The maximum atomic E-state index is 12.5. The lowest BCUT2D eigenvalue weighted by atomic mass is 9.91. The number of anilines is 1. The number of halogens is 3. The van der Waals surface area contributed by atoms with E-state index in [0.29, 0.717) is 37.2 Å². The minimum absolute atomic E-state index is 0. The van der Waals surface area contributed by atoms with Crippen molar-refractivity contribution in [1.82, 2.24) is 5.32 Å². The van der Waals surface area contributed by atoms with Gasteiger partial charge in [0.1, 0.15) is 11.4 Å². The molecule has 1 fully saturated rings. The summed E-state index contributed by atoms with van der Waals surface area (Å²) in [6.45, 7) is 0.135. The minimum atomic E-state index is -2.90. The van der Waals surface area contributed by atoms with Crippen molar-refractivity contribution in [3.05, 3.63) is 23.8 Å². The van der Waals surface area contributed by atoms with E-state index in [1.807, 2.05) is 0 Å². The van der Waals surface area contributed by atoms with Crippen LogP contribution in [-0.2, 0) is 9.53 Å². The summed E-state index contributed by atoms with van der Waals surface area (Å²) in [6.07, 6.45) is 1.11. The first-order chi connectivity index (χ1) is 10.5. The van der Waals surface area contributed by atoms with E-state index in [4.69, 9.17) is 4.74 Å². The average Bonchev–Trinajstić information content (AvgIpc) is 2.50. The summed E-state index contributed by atoms with van der Waals surface area (Å²) >= 11 is 0. The molecule has 2 rings (SSSR count). The van der Waals surface area contributed by atoms with Crippen molar-refractivity contribution in [2.45, 2.75) is 32.0 Å². The number of hydrogen-bond acceptors (Lipinski definition) is 4. The fraction of sp³-hybridized carbons (Fsp3) is 0.533. The molecule has 0 atom stereocenters. The van der Waals surface area contributed by atoms with Crippen LogP contribution in [-0.4, -0.2) is 38.3 Å². The highest BCUT2D eigenvalue weighted by molar-refractivity contribution is 5.97. The fourth-order valence-electron chi connectivity index (χ4n) is 2.50. The predicted octanol–water partition coefficient (Wildman–Crippen LogP) is 2.73. The van der Waals surface area contributed by atoms with Crippen LogP contribution in [0, 0.1) is 6.92 Å². The number of benzene rings is 1. The molecule has 5 nitrogen and oxygen atoms in total. The molecule has 1 heterocycles. The zero-order valence-electron chi connectivity index (χ0n) is 13.0. The van der Waals surface area contributed by atoms with E-state index in [1.54, 1.807) is 19.1 Å². The maximum absolute atomic E-state index is 12.5. The maximum Gasteiger partial charge on any atom is 0.387 e. The van der Waals surface area contributed by atoms with E-state index >= 15 is 0 Å². The Kier molecular flexibility index (Phi) is 7.18. The second-order valence-corrected chi connectivity index (χ2v) is 5.26. The normalized spacial score (nSPS) is 16.6. The third-order valence-electron chi connectivity index (χ3n) is 3.88. The molecule has 1 aromatic carbocycles. The molecule has 0 bridgehead atoms. The Labute approximate surface area is 140 Å². The van der Waals surface area contributed by atoms with Crippen molar-refractivity contribution in [3.63, 3.8) is 0 Å². The number of nitrogens with one attached hydrogen (secondary N) is 2. The Morgan fingerprint density at radius 3 is 2.57 bits per heavy atom. The lowest BCUT2D eigenvalue weighted by Crippen LogP contribution is -2.51. The zero-order valence-corrected chi connectivity index (χ0v) is 13.8. The molecule has 8 heteroatoms. The Hall–Kier alpha value is -1.44. The zero-order chi connectivity index (χ0) is 16.2. The summed E-state index contributed by atoms with van der Waals surface area (Å²) in [6, 6.07) is 4.66. The quantitative estimate of drug-likeness (QED) is 0.857. The molecular weight excluding hydrogens is 330 g/mol. The molecule has 1 aliphatic rings. The van der Waals surface area contributed by atoms with Crippen LogP contribution in [0.2, 0.25) is 0 Å². The second-order valence-electron chi connectivity index (χ2n) is 5.26. The fourth-order valence-corrected chi connectivity index (χ4v) is 2.50. The van der Waals surface area contributed by atoms with Crippen LogP contribution in [0.5, 0.6) is 5.75 Å². The van der Waals surface area contributed by atoms with Gasteiger partial charge in [-0.2, -0.15) is 8.78 Å². The number of aryl methyl sites for hydroxylation is 1. The predicted molar refractivity (Wildman–Crippen MR) is 85.5 cm³/mol. The van der Waals surface area contributed by atoms with Crippen LogP contribution in [0.25, 0.3) is 0 Å². The van der Waals surface area contributed by atoms with Crippen LogP contribution in [0.4, 0.5) is 14.5 Å². The standard InChI is InChI=1S/C15H20F2N2O3.ClH/c1-10-3-4-11(9-12(10)22-14(16)17)19-13(20)15(21-2)5-7-18-8-6-15;/h3-4,9,14,18H,5-8H2,1-2H3,(H,19,20);1H. The summed E-state index contributed by atoms with van der Waals surface area (Å²) in [5.74, 6) is -0.229. The molecule has 23 heavy (non-hydrogen) atoms. The van der Waals surface area contributed by atoms with Gasteiger partial charge in [0, 0.05) is 18.9 Å². The molecule has 0 aliphatic carbocycles. The number of carbonyl (C=O) groups is 1. The number of amides is 1. The monoisotopic (exact) mass is 350 g/mol. The lowest BCUT2D eigenvalue weighted by molar-refractivity contribution is -0.140. The number of alkyl halides is 2. The van der Waals surface area contributed by atoms with Crippen molar-refractivity contribution < 1.29 is 23.0 Å². The van der Waals surface area contributed by atoms with Crippen molar-refractivity contribution in [3.8, 4) is 5.75 Å². The average molecular weight is 351 g/mol. The van der Waals surface area contributed by atoms with Crippen molar-refractivity contribution in [2.75, 3.05) is 25.5 Å². The molecule has 0 aromatic heterocycles. The van der Waals surface area contributed by atoms with Gasteiger partial charge < -0.3 is 20.1 Å². The highest BCUT2D eigenvalue weighted by Crippen LogP contribution is 2.27. The Morgan fingerprint density at radius 1 is 1.35 bits per heavy atom. The number of carbonyl (C=O) groups excluding carboxylic acids is 1. The SMILES string of the molecule is COC1(C(=O)Nc2ccc(C)c(OC(F)F)c2)CCNCC1.Cl. The number of piperidine rings is 1. The molecule has 1 amide bonds. The highest BCUT2D eigenvalue weighted by atomic mass is 35.5. The van der Waals surface area contributed by atoms with Gasteiger partial charge in [-0.25, -0.2) is 0 Å². The van der Waals surface area contributed by atoms with Crippen molar-refractivity contribution in [2.24, 2.45) is 0 Å². The Morgan fingerprint density at radius 2 is 2.00 bits per heavy atom. The Bertz CT molecular complexity index is 537. The van der Waals surface area contributed by atoms with Crippen LogP contribution < -0.4 is 15.4 Å². The molecule has 0 saturated carbocycles. The molecule has 130 valence electrons. The summed E-state index contributed by atoms with van der Waals surface area (Å²) in [7, 11) is 1.51. The van der Waals surface area contributed by atoms with Gasteiger partial charge in [-0.05, 0) is 44.5 Å². The number of methoxy groups -OCH3 is 1. The molecule has 2 N–H and O–H groups in total. The van der Waals surface area contributed by atoms with Crippen molar-refractivity contribution >= 4 is 24.0 Å². The third-order valence-corrected chi connectivity index (χ3v) is 3.88. The first-order valence-corrected chi connectivity index (χ1v) is 7.10. The van der Waals surface area contributed by atoms with Gasteiger partial charge in [-0.3, -0.25) is 4.79 Å². The summed E-state index contributed by atoms with van der Waals surface area (Å²) in [5.41, 5.74) is 0.0858. The van der Waals surface area contributed by atoms with E-state index in [1.165, 1.54) is 13.2 Å². The molecule has 1 saturated heterocycles. The van der Waals surface area contributed by atoms with Crippen LogP contribution in [0.3, 0.4) is 0 Å². The van der Waals surface area contributed by atoms with E-state index in [-0.39, 0.29) is 24.1 Å². The van der Waals surface area contributed by atoms with E-state index in [2.05, 4.69) is 15.4 Å². The van der Waals surface area contributed by atoms with Gasteiger partial charge in [0.25, 0.3) is 5.91 Å². The Balaban J connectivity index is 0.00000264. The van der Waals surface area contributed by atoms with Crippen LogP contribution >= 0.6 is 12.4 Å². The molecule has 1 aliphatic heterocycles. The lowest BCUT2D eigenvalue weighted by Gasteiger charge is -2.34. The minimum Gasteiger partial charge on any atom is -0.434 e. The molecule has 0 unspecified atom stereocenters. The van der Waals surface area contributed by atoms with Gasteiger partial charge >= 0.3 is 6.61 Å². The molecule has 0 spiro atoms. The smallest absolute Gasteiger partial charge is 0.387 e. The largest absolute Gasteiger partial charge is 0.434 e. The second kappa shape index (κ2) is 8.42. The van der Waals surface area contributed by atoms with E-state index < -0.39 is 12.2 Å². The number of ether oxygens (including phenoxy) is 2. The van der Waals surface area contributed by atoms with E-state index in [0.717, 1.165) is 0 Å². The highest BCUT2D eigenvalue weighted by Gasteiger charge is 2.39. The van der Waals surface area contributed by atoms with E-state index in [9.17, 15) is 13.6 Å². The molecule has 1 aromatic rings. The van der Waals surface area contributed by atoms with Crippen LogP contribution in [0.1, 0.15) is 18.4 Å². The first kappa shape index (κ1) is 19.6. The van der Waals surface area contributed by atoms with Crippen LogP contribution in [0.15, 0.2) is 18.2 Å².